The number of hydrogen-bond donors (Lipinski definition) is 0. The van der Waals surface area contributed by atoms with Gasteiger partial charge in [0.15, 0.2) is 0 Å². The van der Waals surface area contributed by atoms with Crippen molar-refractivity contribution in [1.29, 1.82) is 0 Å². The van der Waals surface area contributed by atoms with Crippen molar-refractivity contribution in [2.45, 2.75) is 44.9 Å². The first kappa shape index (κ1) is 15.6. The van der Waals surface area contributed by atoms with Crippen molar-refractivity contribution in [2.75, 3.05) is 26.7 Å². The number of likely N-dealkylation sites (tertiary alicyclic amines) is 2. The third kappa shape index (κ3) is 2.70. The molecule has 2 saturated heterocycles. The molecule has 5 nitrogen and oxygen atoms in total. The van der Waals surface area contributed by atoms with Crippen LogP contribution in [0.4, 0.5) is 0 Å². The van der Waals surface area contributed by atoms with E-state index in [2.05, 4.69) is 11.1 Å². The smallest absolute Gasteiger partial charge is 0.255 e. The highest BCUT2D eigenvalue weighted by molar-refractivity contribution is 5.94. The SMILES string of the molecule is CN1CC2(CCN(C(=O)c3cnc4c(c3)CCCC4)CC2)CC1=O. The normalized spacial score (nSPS) is 22.8. The van der Waals surface area contributed by atoms with Crippen LogP contribution in [0.3, 0.4) is 0 Å². The lowest BCUT2D eigenvalue weighted by Gasteiger charge is -2.38. The van der Waals surface area contributed by atoms with E-state index < -0.39 is 0 Å². The molecule has 24 heavy (non-hydrogen) atoms. The number of fused-ring (bicyclic) bond motifs is 1. The van der Waals surface area contributed by atoms with Crippen LogP contribution in [-0.4, -0.2) is 53.3 Å². The average molecular weight is 327 g/mol. The Bertz CT molecular complexity index is 677. The zero-order valence-electron chi connectivity index (χ0n) is 14.4. The Morgan fingerprint density at radius 2 is 1.96 bits per heavy atom. The second kappa shape index (κ2) is 5.87. The van der Waals surface area contributed by atoms with E-state index in [0.717, 1.165) is 50.9 Å². The molecule has 0 radical (unpaired) electrons. The second-order valence-electron chi connectivity index (χ2n) is 7.76. The summed E-state index contributed by atoms with van der Waals surface area (Å²) < 4.78 is 0. The van der Waals surface area contributed by atoms with Crippen LogP contribution in [-0.2, 0) is 17.6 Å². The summed E-state index contributed by atoms with van der Waals surface area (Å²) >= 11 is 0. The highest BCUT2D eigenvalue weighted by atomic mass is 16.2. The van der Waals surface area contributed by atoms with Crippen molar-refractivity contribution in [3.05, 3.63) is 29.1 Å². The number of nitrogens with zero attached hydrogens (tertiary/aromatic N) is 3. The van der Waals surface area contributed by atoms with Crippen molar-refractivity contribution in [3.8, 4) is 0 Å². The van der Waals surface area contributed by atoms with E-state index in [1.165, 1.54) is 24.1 Å². The Morgan fingerprint density at radius 1 is 1.21 bits per heavy atom. The standard InChI is InChI=1S/C19H25N3O2/c1-21-13-19(11-17(21)23)6-8-22(9-7-19)18(24)15-10-14-4-2-3-5-16(14)20-12-15/h10,12H,2-9,11,13H2,1H3. The number of aromatic nitrogens is 1. The van der Waals surface area contributed by atoms with Gasteiger partial charge in [-0.15, -0.1) is 0 Å². The Kier molecular flexibility index (Phi) is 3.82. The van der Waals surface area contributed by atoms with Crippen LogP contribution in [0.25, 0.3) is 0 Å². The molecule has 2 aliphatic heterocycles. The van der Waals surface area contributed by atoms with E-state index in [1.54, 1.807) is 6.20 Å². The van der Waals surface area contributed by atoms with E-state index in [1.807, 2.05) is 16.8 Å². The first-order chi connectivity index (χ1) is 11.6. The highest BCUT2D eigenvalue weighted by Crippen LogP contribution is 2.40. The number of carbonyl (C=O) groups is 2. The summed E-state index contributed by atoms with van der Waals surface area (Å²) in [6.07, 6.45) is 8.73. The molecule has 0 atom stereocenters. The molecule has 1 aromatic heterocycles. The first-order valence-electron chi connectivity index (χ1n) is 9.07. The average Bonchev–Trinajstić information content (AvgIpc) is 2.88. The fourth-order valence-electron chi connectivity index (χ4n) is 4.51. The maximum Gasteiger partial charge on any atom is 0.255 e. The van der Waals surface area contributed by atoms with Gasteiger partial charge in [-0.1, -0.05) is 0 Å². The van der Waals surface area contributed by atoms with Crippen LogP contribution in [0.2, 0.25) is 0 Å². The predicted molar refractivity (Wildman–Crippen MR) is 90.7 cm³/mol. The summed E-state index contributed by atoms with van der Waals surface area (Å²) in [6.45, 7) is 2.34. The van der Waals surface area contributed by atoms with Gasteiger partial charge in [0.1, 0.15) is 0 Å². The van der Waals surface area contributed by atoms with Crippen LogP contribution in [0.1, 0.15) is 53.7 Å². The Balaban J connectivity index is 1.44. The minimum Gasteiger partial charge on any atom is -0.345 e. The van der Waals surface area contributed by atoms with E-state index in [-0.39, 0.29) is 17.2 Å². The van der Waals surface area contributed by atoms with Gasteiger partial charge >= 0.3 is 0 Å². The Hall–Kier alpha value is -1.91. The van der Waals surface area contributed by atoms with Crippen molar-refractivity contribution in [1.82, 2.24) is 14.8 Å². The zero-order chi connectivity index (χ0) is 16.7. The predicted octanol–water partition coefficient (Wildman–Crippen LogP) is 2.04. The van der Waals surface area contributed by atoms with Gasteiger partial charge in [-0.2, -0.15) is 0 Å². The molecule has 5 heteroatoms. The van der Waals surface area contributed by atoms with Crippen molar-refractivity contribution < 1.29 is 9.59 Å². The molecular weight excluding hydrogens is 302 g/mol. The Labute approximate surface area is 143 Å². The van der Waals surface area contributed by atoms with E-state index >= 15 is 0 Å². The molecule has 1 aromatic rings. The number of rotatable bonds is 1. The lowest BCUT2D eigenvalue weighted by atomic mass is 9.77. The minimum absolute atomic E-state index is 0.0940. The van der Waals surface area contributed by atoms with Gasteiger partial charge in [-0.25, -0.2) is 0 Å². The molecule has 2 fully saturated rings. The third-order valence-corrected chi connectivity index (χ3v) is 6.05. The summed E-state index contributed by atoms with van der Waals surface area (Å²) in [6, 6.07) is 2.06. The molecule has 1 spiro atoms. The second-order valence-corrected chi connectivity index (χ2v) is 7.76. The zero-order valence-corrected chi connectivity index (χ0v) is 14.4. The van der Waals surface area contributed by atoms with Crippen LogP contribution < -0.4 is 0 Å². The van der Waals surface area contributed by atoms with Gasteiger partial charge in [0.25, 0.3) is 5.91 Å². The molecule has 0 unspecified atom stereocenters. The summed E-state index contributed by atoms with van der Waals surface area (Å²) in [5.74, 6) is 0.345. The first-order valence-corrected chi connectivity index (χ1v) is 9.07. The lowest BCUT2D eigenvalue weighted by Crippen LogP contribution is -2.44. The molecule has 4 rings (SSSR count). The van der Waals surface area contributed by atoms with Gasteiger partial charge in [-0.3, -0.25) is 14.6 Å². The maximum atomic E-state index is 12.8. The Morgan fingerprint density at radius 3 is 2.67 bits per heavy atom. The van der Waals surface area contributed by atoms with Crippen LogP contribution >= 0.6 is 0 Å². The van der Waals surface area contributed by atoms with Crippen molar-refractivity contribution >= 4 is 11.8 Å². The largest absolute Gasteiger partial charge is 0.345 e. The molecule has 0 saturated carbocycles. The molecular formula is C19H25N3O2. The molecule has 0 bridgehead atoms. The number of pyridine rings is 1. The summed E-state index contributed by atoms with van der Waals surface area (Å²) in [5, 5.41) is 0. The highest BCUT2D eigenvalue weighted by Gasteiger charge is 2.44. The molecule has 2 amide bonds. The van der Waals surface area contributed by atoms with Crippen LogP contribution in [0, 0.1) is 5.41 Å². The molecule has 128 valence electrons. The van der Waals surface area contributed by atoms with Gasteiger partial charge in [0.2, 0.25) is 5.91 Å². The van der Waals surface area contributed by atoms with E-state index in [0.29, 0.717) is 6.42 Å². The molecule has 3 aliphatic rings. The fraction of sp³-hybridized carbons (Fsp3) is 0.632. The van der Waals surface area contributed by atoms with Gasteiger partial charge < -0.3 is 9.80 Å². The van der Waals surface area contributed by atoms with Crippen LogP contribution in [0.5, 0.6) is 0 Å². The molecule has 0 N–H and O–H groups in total. The topological polar surface area (TPSA) is 53.5 Å². The van der Waals surface area contributed by atoms with Gasteiger partial charge in [0, 0.05) is 50.4 Å². The lowest BCUT2D eigenvalue weighted by molar-refractivity contribution is -0.126. The van der Waals surface area contributed by atoms with Crippen LogP contribution in [0.15, 0.2) is 12.3 Å². The van der Waals surface area contributed by atoms with Gasteiger partial charge in [-0.05, 0) is 50.2 Å². The van der Waals surface area contributed by atoms with E-state index in [9.17, 15) is 9.59 Å². The summed E-state index contributed by atoms with van der Waals surface area (Å²) in [4.78, 5) is 33.0. The quantitative estimate of drug-likeness (QED) is 0.793. The maximum absolute atomic E-state index is 12.8. The van der Waals surface area contributed by atoms with Crippen molar-refractivity contribution in [2.24, 2.45) is 5.41 Å². The van der Waals surface area contributed by atoms with Crippen molar-refractivity contribution in [3.63, 3.8) is 0 Å². The molecule has 3 heterocycles. The third-order valence-electron chi connectivity index (χ3n) is 6.05. The number of carbonyl (C=O) groups excluding carboxylic acids is 2. The molecule has 1 aliphatic carbocycles. The number of piperidine rings is 1. The number of hydrogen-bond acceptors (Lipinski definition) is 3. The number of amides is 2. The summed E-state index contributed by atoms with van der Waals surface area (Å²) in [7, 11) is 1.88. The minimum atomic E-state index is 0.0940. The summed E-state index contributed by atoms with van der Waals surface area (Å²) in [5.41, 5.74) is 3.24. The monoisotopic (exact) mass is 327 g/mol. The fourth-order valence-corrected chi connectivity index (χ4v) is 4.51. The van der Waals surface area contributed by atoms with E-state index in [4.69, 9.17) is 0 Å². The number of aryl methyl sites for hydroxylation is 2. The van der Waals surface area contributed by atoms with Gasteiger partial charge in [0.05, 0.1) is 5.56 Å². The molecule has 0 aromatic carbocycles.